The number of nitriles is 1. The molecule has 0 aromatic carbocycles. The van der Waals surface area contributed by atoms with Crippen LogP contribution in [0, 0.1) is 11.2 Å². The average molecular weight is 107 g/mol. The van der Waals surface area contributed by atoms with Crippen molar-refractivity contribution in [1.29, 1.82) is 5.26 Å². The van der Waals surface area contributed by atoms with Gasteiger partial charge in [0.05, 0.1) is 0 Å². The molecule has 0 spiro atoms. The van der Waals surface area contributed by atoms with Crippen molar-refractivity contribution in [3.8, 4) is 5.97 Å². The fourth-order valence-corrected chi connectivity index (χ4v) is 0.913. The summed E-state index contributed by atoms with van der Waals surface area (Å²) < 4.78 is 0. The quantitative estimate of drug-likeness (QED) is 0.437. The molecule has 0 amide bonds. The number of rotatable bonds is 0. The third-order valence-corrected chi connectivity index (χ3v) is 1.56. The topological polar surface area (TPSA) is 35.8 Å². The summed E-state index contributed by atoms with van der Waals surface area (Å²) in [5.41, 5.74) is 1.23. The molecule has 1 heterocycles. The molecule has 0 aliphatic carbocycles. The van der Waals surface area contributed by atoms with Gasteiger partial charge in [0, 0.05) is 0 Å². The first-order valence-corrected chi connectivity index (χ1v) is 2.83. The summed E-state index contributed by atoms with van der Waals surface area (Å²) in [5.74, 6) is 2.22. The van der Waals surface area contributed by atoms with E-state index in [1.807, 2.05) is 6.92 Å². The summed E-state index contributed by atoms with van der Waals surface area (Å²) in [6.45, 7) is 2.14. The Labute approximate surface area is 49.3 Å². The van der Waals surface area contributed by atoms with E-state index in [9.17, 15) is 0 Å². The predicted molar refractivity (Wildman–Crippen MR) is 34.5 cm³/mol. The first-order valence-electron chi connectivity index (χ1n) is 2.83. The summed E-state index contributed by atoms with van der Waals surface area (Å²) in [4.78, 5) is 0. The van der Waals surface area contributed by atoms with Crippen molar-refractivity contribution in [3.63, 3.8) is 0 Å². The van der Waals surface area contributed by atoms with Crippen LogP contribution in [0.3, 0.4) is 0 Å². The van der Waals surface area contributed by atoms with Crippen LogP contribution in [0.1, 0.15) is 6.92 Å². The van der Waals surface area contributed by atoms with Crippen molar-refractivity contribution in [2.24, 2.45) is 0 Å². The molecule has 0 saturated heterocycles. The largest absolute Gasteiger partial charge is 0.472 e. The number of nitrogens with zero attached hydrogens (tertiary/aromatic N) is 1. The summed E-state index contributed by atoms with van der Waals surface area (Å²) in [6.07, 6.45) is 2.07. The van der Waals surface area contributed by atoms with Gasteiger partial charge in [-0.05, 0) is 6.54 Å². The van der Waals surface area contributed by atoms with E-state index in [-0.39, 0.29) is 0 Å². The van der Waals surface area contributed by atoms with Gasteiger partial charge in [-0.2, -0.15) is 0 Å². The Morgan fingerprint density at radius 3 is 3.00 bits per heavy atom. The van der Waals surface area contributed by atoms with E-state index in [0.29, 0.717) is 0 Å². The molecule has 1 unspecified atom stereocenters. The Morgan fingerprint density at radius 2 is 2.75 bits per heavy atom. The molecule has 8 heavy (non-hydrogen) atoms. The molecule has 1 rings (SSSR count). The molecule has 0 fully saturated rings. The standard InChI is InChI=1S/C5H8BN2/c1-5-2-3-8-6(5)4-7/h2,6,8H,3H2,1H3/q-1. The van der Waals surface area contributed by atoms with Gasteiger partial charge in [-0.3, -0.25) is 0 Å². The number of hydrogen-bond donors (Lipinski definition) is 1. The van der Waals surface area contributed by atoms with Crippen LogP contribution >= 0.6 is 0 Å². The van der Waals surface area contributed by atoms with Gasteiger partial charge in [-0.25, -0.2) is 10.7 Å². The van der Waals surface area contributed by atoms with Crippen molar-refractivity contribution in [2.45, 2.75) is 6.92 Å². The molecule has 3 heteroatoms. The van der Waals surface area contributed by atoms with Crippen molar-refractivity contribution in [1.82, 2.24) is 5.23 Å². The van der Waals surface area contributed by atoms with Crippen LogP contribution in [-0.4, -0.2) is 13.4 Å². The van der Waals surface area contributed by atoms with Crippen LogP contribution in [-0.2, 0) is 0 Å². The highest BCUT2D eigenvalue weighted by molar-refractivity contribution is 6.72. The number of hydrogen-bond acceptors (Lipinski definition) is 2. The van der Waals surface area contributed by atoms with Crippen molar-refractivity contribution >= 4 is 6.85 Å². The van der Waals surface area contributed by atoms with Crippen LogP contribution < -0.4 is 5.23 Å². The Bertz CT molecular complexity index is 156. The summed E-state index contributed by atoms with van der Waals surface area (Å²) in [7, 11) is 0. The van der Waals surface area contributed by atoms with Crippen LogP contribution in [0.2, 0.25) is 0 Å². The van der Waals surface area contributed by atoms with Gasteiger partial charge < -0.3 is 5.23 Å². The van der Waals surface area contributed by atoms with Crippen molar-refractivity contribution < 1.29 is 0 Å². The normalized spacial score (nSPS) is 27.0. The Balaban J connectivity index is 2.63. The molecule has 0 aromatic heterocycles. The lowest BCUT2D eigenvalue weighted by Crippen LogP contribution is -2.27. The van der Waals surface area contributed by atoms with Crippen LogP contribution in [0.4, 0.5) is 0 Å². The predicted octanol–water partition coefficient (Wildman–Crippen LogP) is -0.138. The van der Waals surface area contributed by atoms with Crippen molar-refractivity contribution in [2.75, 3.05) is 6.54 Å². The van der Waals surface area contributed by atoms with Crippen LogP contribution in [0.25, 0.3) is 0 Å². The first-order chi connectivity index (χ1) is 3.84. The third kappa shape index (κ3) is 0.751. The van der Waals surface area contributed by atoms with E-state index in [4.69, 9.17) is 5.26 Å². The summed E-state index contributed by atoms with van der Waals surface area (Å²) >= 11 is 0. The van der Waals surface area contributed by atoms with E-state index >= 15 is 0 Å². The SMILES string of the molecule is CC1=CCN[BH-]1C#N. The van der Waals surface area contributed by atoms with E-state index in [2.05, 4.69) is 17.3 Å². The fraction of sp³-hybridized carbons (Fsp3) is 0.400. The minimum absolute atomic E-state index is 0.750. The lowest BCUT2D eigenvalue weighted by molar-refractivity contribution is 1.12. The molecule has 0 saturated carbocycles. The van der Waals surface area contributed by atoms with Gasteiger partial charge >= 0.3 is 0 Å². The van der Waals surface area contributed by atoms with Crippen molar-refractivity contribution in [3.05, 3.63) is 11.5 Å². The molecule has 0 aromatic rings. The smallest absolute Gasteiger partial charge is 0.173 e. The molecule has 1 aliphatic heterocycles. The molecule has 42 valence electrons. The average Bonchev–Trinajstić information content (AvgIpc) is 2.14. The molecule has 0 bridgehead atoms. The zero-order valence-electron chi connectivity index (χ0n) is 4.94. The molecule has 0 radical (unpaired) electrons. The van der Waals surface area contributed by atoms with Gasteiger partial charge in [0.2, 0.25) is 0 Å². The molecule has 2 nitrogen and oxygen atoms in total. The number of nitrogens with one attached hydrogen (secondary N) is 1. The summed E-state index contributed by atoms with van der Waals surface area (Å²) in [6, 6.07) is 0. The van der Waals surface area contributed by atoms with Gasteiger partial charge in [0.1, 0.15) is 0 Å². The highest BCUT2D eigenvalue weighted by atomic mass is 14.8. The van der Waals surface area contributed by atoms with Gasteiger partial charge in [0.15, 0.2) is 6.85 Å². The van der Waals surface area contributed by atoms with E-state index in [0.717, 1.165) is 6.54 Å². The lowest BCUT2D eigenvalue weighted by Gasteiger charge is -2.06. The monoisotopic (exact) mass is 107 g/mol. The van der Waals surface area contributed by atoms with E-state index < -0.39 is 6.85 Å². The Morgan fingerprint density at radius 1 is 2.00 bits per heavy atom. The van der Waals surface area contributed by atoms with Gasteiger partial charge in [0.25, 0.3) is 0 Å². The minimum Gasteiger partial charge on any atom is -0.472 e. The zero-order chi connectivity index (χ0) is 5.98. The summed E-state index contributed by atoms with van der Waals surface area (Å²) in [5, 5.41) is 11.5. The van der Waals surface area contributed by atoms with Crippen LogP contribution in [0.15, 0.2) is 11.5 Å². The van der Waals surface area contributed by atoms with E-state index in [1.165, 1.54) is 5.47 Å². The molecule has 1 aliphatic rings. The zero-order valence-corrected chi connectivity index (χ0v) is 4.94. The molecule has 1 N–H and O–H groups in total. The molecular weight excluding hydrogens is 98.9 g/mol. The first kappa shape index (κ1) is 5.39. The second-order valence-corrected chi connectivity index (χ2v) is 2.19. The van der Waals surface area contributed by atoms with Gasteiger partial charge in [-0.15, -0.1) is 12.0 Å². The highest BCUT2D eigenvalue weighted by Crippen LogP contribution is 2.00. The second kappa shape index (κ2) is 2.02. The highest BCUT2D eigenvalue weighted by Gasteiger charge is 2.04. The van der Waals surface area contributed by atoms with E-state index in [1.54, 1.807) is 0 Å². The maximum Gasteiger partial charge on any atom is 0.173 e. The van der Waals surface area contributed by atoms with Gasteiger partial charge in [-0.1, -0.05) is 6.92 Å². The fourth-order valence-electron chi connectivity index (χ4n) is 0.913. The van der Waals surface area contributed by atoms with Crippen LogP contribution in [0.5, 0.6) is 0 Å². The second-order valence-electron chi connectivity index (χ2n) is 2.19. The lowest BCUT2D eigenvalue weighted by atomic mass is 9.60. The maximum absolute atomic E-state index is 8.42. The number of allylic oxidation sites excluding steroid dienone is 1. The minimum atomic E-state index is -0.750. The Kier molecular flexibility index (Phi) is 1.36. The third-order valence-electron chi connectivity index (χ3n) is 1.56. The molecule has 1 atom stereocenters. The molecular formula is C5H8BN2-. The Hall–Kier alpha value is -0.745. The maximum atomic E-state index is 8.42.